The minimum Gasteiger partial charge on any atom is -0.366 e. The lowest BCUT2D eigenvalue weighted by Crippen LogP contribution is -2.17. The molecule has 0 amide bonds. The molecule has 0 atom stereocenters. The van der Waals surface area contributed by atoms with E-state index in [2.05, 4.69) is 30.1 Å². The molecule has 10 heteroatoms. The molecule has 0 aliphatic rings. The van der Waals surface area contributed by atoms with Crippen LogP contribution in [0.15, 0.2) is 64.0 Å². The van der Waals surface area contributed by atoms with Gasteiger partial charge in [0.1, 0.15) is 0 Å². The summed E-state index contributed by atoms with van der Waals surface area (Å²) in [5.74, 6) is 1.48. The predicted molar refractivity (Wildman–Crippen MR) is 108 cm³/mol. The van der Waals surface area contributed by atoms with Crippen LogP contribution < -0.4 is 10.0 Å². The van der Waals surface area contributed by atoms with Gasteiger partial charge in [-0.15, -0.1) is 0 Å². The molecule has 2 heterocycles. The Labute approximate surface area is 167 Å². The SMILES string of the molecule is Cc1noc(CCNc2nc3ccccc3nc2NS(=O)(=O)c2ccccc2)n1. The molecule has 0 bridgehead atoms. The van der Waals surface area contributed by atoms with Crippen molar-refractivity contribution in [1.29, 1.82) is 0 Å². The van der Waals surface area contributed by atoms with E-state index in [9.17, 15) is 8.42 Å². The van der Waals surface area contributed by atoms with Gasteiger partial charge in [-0.3, -0.25) is 4.72 Å². The van der Waals surface area contributed by atoms with Crippen LogP contribution >= 0.6 is 0 Å². The zero-order valence-corrected chi connectivity index (χ0v) is 16.3. The molecule has 0 saturated heterocycles. The monoisotopic (exact) mass is 410 g/mol. The van der Waals surface area contributed by atoms with E-state index in [0.29, 0.717) is 41.5 Å². The van der Waals surface area contributed by atoms with Gasteiger partial charge in [-0.25, -0.2) is 18.4 Å². The number of benzene rings is 2. The third-order valence-electron chi connectivity index (χ3n) is 4.06. The van der Waals surface area contributed by atoms with Crippen molar-refractivity contribution in [1.82, 2.24) is 20.1 Å². The van der Waals surface area contributed by atoms with Crippen LogP contribution in [-0.2, 0) is 16.4 Å². The van der Waals surface area contributed by atoms with Crippen molar-refractivity contribution < 1.29 is 12.9 Å². The number of rotatable bonds is 7. The lowest BCUT2D eigenvalue weighted by Gasteiger charge is -2.13. The van der Waals surface area contributed by atoms with E-state index in [1.807, 2.05) is 18.2 Å². The predicted octanol–water partition coefficient (Wildman–Crippen LogP) is 2.78. The highest BCUT2D eigenvalue weighted by atomic mass is 32.2. The highest BCUT2D eigenvalue weighted by Gasteiger charge is 2.18. The first-order chi connectivity index (χ1) is 14.0. The van der Waals surface area contributed by atoms with Crippen molar-refractivity contribution in [2.75, 3.05) is 16.6 Å². The van der Waals surface area contributed by atoms with Crippen LogP contribution in [0.5, 0.6) is 0 Å². The molecule has 2 aromatic carbocycles. The number of nitrogens with one attached hydrogen (secondary N) is 2. The van der Waals surface area contributed by atoms with E-state index in [1.165, 1.54) is 12.1 Å². The number of hydrogen-bond acceptors (Lipinski definition) is 8. The summed E-state index contributed by atoms with van der Waals surface area (Å²) in [6.07, 6.45) is 0.459. The fraction of sp³-hybridized carbons (Fsp3) is 0.158. The molecule has 4 aromatic rings. The summed E-state index contributed by atoms with van der Waals surface area (Å²) < 4.78 is 33.1. The second kappa shape index (κ2) is 7.84. The largest absolute Gasteiger partial charge is 0.366 e. The number of aryl methyl sites for hydroxylation is 1. The van der Waals surface area contributed by atoms with Gasteiger partial charge in [0.05, 0.1) is 15.9 Å². The Morgan fingerprint density at radius 3 is 2.21 bits per heavy atom. The summed E-state index contributed by atoms with van der Waals surface area (Å²) in [4.78, 5) is 13.3. The Bertz CT molecular complexity index is 1240. The highest BCUT2D eigenvalue weighted by molar-refractivity contribution is 7.92. The molecule has 9 nitrogen and oxygen atoms in total. The molecular weight excluding hydrogens is 392 g/mol. The van der Waals surface area contributed by atoms with Crippen molar-refractivity contribution >= 4 is 32.7 Å². The van der Waals surface area contributed by atoms with Crippen LogP contribution in [0.1, 0.15) is 11.7 Å². The maximum atomic E-state index is 12.7. The van der Waals surface area contributed by atoms with Gasteiger partial charge in [0.25, 0.3) is 10.0 Å². The number of fused-ring (bicyclic) bond motifs is 1. The number of sulfonamides is 1. The molecule has 0 fully saturated rings. The third kappa shape index (κ3) is 4.32. The van der Waals surface area contributed by atoms with Gasteiger partial charge in [0.15, 0.2) is 17.5 Å². The lowest BCUT2D eigenvalue weighted by molar-refractivity contribution is 0.377. The quantitative estimate of drug-likeness (QED) is 0.477. The van der Waals surface area contributed by atoms with Crippen molar-refractivity contribution in [3.05, 3.63) is 66.3 Å². The van der Waals surface area contributed by atoms with Crippen LogP contribution in [0, 0.1) is 6.92 Å². The van der Waals surface area contributed by atoms with E-state index in [1.54, 1.807) is 31.2 Å². The van der Waals surface area contributed by atoms with Gasteiger partial charge < -0.3 is 9.84 Å². The lowest BCUT2D eigenvalue weighted by atomic mass is 10.3. The molecule has 0 radical (unpaired) electrons. The molecular formula is C19H18N6O3S. The number of para-hydroxylation sites is 2. The van der Waals surface area contributed by atoms with Crippen LogP contribution in [0.25, 0.3) is 11.0 Å². The minimum absolute atomic E-state index is 0.120. The van der Waals surface area contributed by atoms with E-state index < -0.39 is 10.0 Å². The van der Waals surface area contributed by atoms with E-state index >= 15 is 0 Å². The fourth-order valence-corrected chi connectivity index (χ4v) is 3.74. The standard InChI is InChI=1S/C19H18N6O3S/c1-13-21-17(28-24-13)11-12-20-18-19(23-16-10-6-5-9-15(16)22-18)25-29(26,27)14-7-3-2-4-8-14/h2-10H,11-12H2,1H3,(H,20,22)(H,23,25). The topological polar surface area (TPSA) is 123 Å². The first kappa shape index (κ1) is 18.8. The van der Waals surface area contributed by atoms with Crippen molar-refractivity contribution in [3.63, 3.8) is 0 Å². The zero-order chi connectivity index (χ0) is 20.3. The maximum absolute atomic E-state index is 12.7. The van der Waals surface area contributed by atoms with Crippen LogP contribution in [0.3, 0.4) is 0 Å². The van der Waals surface area contributed by atoms with Crippen LogP contribution in [0.4, 0.5) is 11.6 Å². The summed E-state index contributed by atoms with van der Waals surface area (Å²) in [5, 5.41) is 6.86. The summed E-state index contributed by atoms with van der Waals surface area (Å²) in [6.45, 7) is 2.15. The Morgan fingerprint density at radius 2 is 1.55 bits per heavy atom. The Hall–Kier alpha value is -3.53. The van der Waals surface area contributed by atoms with E-state index in [4.69, 9.17) is 4.52 Å². The fourth-order valence-electron chi connectivity index (χ4n) is 2.71. The third-order valence-corrected chi connectivity index (χ3v) is 5.41. The van der Waals surface area contributed by atoms with Gasteiger partial charge >= 0.3 is 0 Å². The number of nitrogens with zero attached hydrogens (tertiary/aromatic N) is 4. The number of aromatic nitrogens is 4. The van der Waals surface area contributed by atoms with E-state index in [-0.39, 0.29) is 10.7 Å². The number of hydrogen-bond donors (Lipinski definition) is 2. The zero-order valence-electron chi connectivity index (χ0n) is 15.5. The summed E-state index contributed by atoms with van der Waals surface area (Å²) in [7, 11) is -3.81. The molecule has 0 aliphatic carbocycles. The Morgan fingerprint density at radius 1 is 0.897 bits per heavy atom. The molecule has 148 valence electrons. The molecule has 0 unspecified atom stereocenters. The highest BCUT2D eigenvalue weighted by Crippen LogP contribution is 2.24. The summed E-state index contributed by atoms with van der Waals surface area (Å²) >= 11 is 0. The average Bonchev–Trinajstić information content (AvgIpc) is 3.14. The Kier molecular flexibility index (Phi) is 5.09. The first-order valence-electron chi connectivity index (χ1n) is 8.89. The van der Waals surface area contributed by atoms with Gasteiger partial charge in [-0.1, -0.05) is 35.5 Å². The summed E-state index contributed by atoms with van der Waals surface area (Å²) in [6, 6.07) is 15.3. The first-order valence-corrected chi connectivity index (χ1v) is 10.4. The molecule has 0 aliphatic heterocycles. The van der Waals surface area contributed by atoms with E-state index in [0.717, 1.165) is 0 Å². The molecule has 2 aromatic heterocycles. The normalized spacial score (nSPS) is 11.5. The second-order valence-corrected chi connectivity index (χ2v) is 7.92. The molecule has 29 heavy (non-hydrogen) atoms. The van der Waals surface area contributed by atoms with Gasteiger partial charge in [-0.05, 0) is 31.2 Å². The molecule has 0 spiro atoms. The Balaban J connectivity index is 1.63. The van der Waals surface area contributed by atoms with Gasteiger partial charge in [0, 0.05) is 13.0 Å². The van der Waals surface area contributed by atoms with Gasteiger partial charge in [0.2, 0.25) is 5.89 Å². The molecule has 0 saturated carbocycles. The molecule has 2 N–H and O–H groups in total. The molecule has 4 rings (SSSR count). The number of anilines is 2. The minimum atomic E-state index is -3.81. The van der Waals surface area contributed by atoms with Crippen molar-refractivity contribution in [2.45, 2.75) is 18.2 Å². The average molecular weight is 410 g/mol. The van der Waals surface area contributed by atoms with Gasteiger partial charge in [-0.2, -0.15) is 4.98 Å². The maximum Gasteiger partial charge on any atom is 0.263 e. The second-order valence-electron chi connectivity index (χ2n) is 6.24. The summed E-state index contributed by atoms with van der Waals surface area (Å²) in [5.41, 5.74) is 1.22. The van der Waals surface area contributed by atoms with Crippen LogP contribution in [-0.4, -0.2) is 35.1 Å². The van der Waals surface area contributed by atoms with Crippen molar-refractivity contribution in [2.24, 2.45) is 0 Å². The van der Waals surface area contributed by atoms with Crippen LogP contribution in [0.2, 0.25) is 0 Å². The smallest absolute Gasteiger partial charge is 0.263 e. The van der Waals surface area contributed by atoms with Crippen molar-refractivity contribution in [3.8, 4) is 0 Å².